The molecule has 128 valence electrons. The summed E-state index contributed by atoms with van der Waals surface area (Å²) in [6, 6.07) is 10.6. The highest BCUT2D eigenvalue weighted by Gasteiger charge is 2.29. The maximum atomic E-state index is 5.67. The predicted molar refractivity (Wildman–Crippen MR) is 102 cm³/mol. The Hall–Kier alpha value is -1.85. The zero-order valence-electron chi connectivity index (χ0n) is 14.4. The number of rotatable bonds is 5. The van der Waals surface area contributed by atoms with Crippen molar-refractivity contribution in [1.82, 2.24) is 5.32 Å². The van der Waals surface area contributed by atoms with Crippen LogP contribution in [0, 0.1) is 13.8 Å². The molecule has 1 fully saturated rings. The van der Waals surface area contributed by atoms with Crippen molar-refractivity contribution in [2.75, 3.05) is 25.0 Å². The molecule has 0 aliphatic carbocycles. The van der Waals surface area contributed by atoms with Gasteiger partial charge in [-0.15, -0.1) is 0 Å². The number of benzene rings is 1. The monoisotopic (exact) mass is 344 g/mol. The van der Waals surface area contributed by atoms with Gasteiger partial charge in [-0.3, -0.25) is 0 Å². The maximum absolute atomic E-state index is 5.67. The third-order valence-electron chi connectivity index (χ3n) is 4.94. The first-order chi connectivity index (χ1) is 11.6. The Labute approximate surface area is 149 Å². The number of quaternary nitrogens is 1. The second-order valence-electron chi connectivity index (χ2n) is 6.52. The lowest BCUT2D eigenvalue weighted by molar-refractivity contribution is -0.919. The van der Waals surface area contributed by atoms with Crippen LogP contribution in [0.15, 0.2) is 41.0 Å². The minimum absolute atomic E-state index is 0.306. The van der Waals surface area contributed by atoms with E-state index in [4.69, 9.17) is 16.6 Å². The van der Waals surface area contributed by atoms with Crippen molar-refractivity contribution >= 4 is 23.0 Å². The molecule has 0 unspecified atom stereocenters. The van der Waals surface area contributed by atoms with E-state index >= 15 is 0 Å². The number of anilines is 1. The minimum Gasteiger partial charge on any atom is -0.463 e. The third-order valence-corrected chi connectivity index (χ3v) is 5.19. The van der Waals surface area contributed by atoms with Gasteiger partial charge in [-0.05, 0) is 55.4 Å². The summed E-state index contributed by atoms with van der Waals surface area (Å²) in [7, 11) is 0. The summed E-state index contributed by atoms with van der Waals surface area (Å²) in [4.78, 5) is 1.58. The van der Waals surface area contributed by atoms with E-state index in [9.17, 15) is 0 Å². The molecule has 5 heteroatoms. The first-order valence-corrected chi connectivity index (χ1v) is 9.05. The van der Waals surface area contributed by atoms with Crippen LogP contribution in [0.2, 0.25) is 0 Å². The van der Waals surface area contributed by atoms with Gasteiger partial charge in [0, 0.05) is 18.5 Å². The molecule has 24 heavy (non-hydrogen) atoms. The molecule has 0 bridgehead atoms. The molecule has 1 aromatic carbocycles. The Kier molecular flexibility index (Phi) is 5.53. The highest BCUT2D eigenvalue weighted by molar-refractivity contribution is 7.80. The number of thiocarbonyl (C=S) groups is 1. The Bertz CT molecular complexity index is 678. The molecule has 0 radical (unpaired) electrons. The van der Waals surface area contributed by atoms with Crippen LogP contribution in [0.4, 0.5) is 5.69 Å². The molecule has 2 heterocycles. The molecule has 1 aromatic heterocycles. The topological polar surface area (TPSA) is 41.6 Å². The molecule has 3 rings (SSSR count). The van der Waals surface area contributed by atoms with Crippen molar-refractivity contribution in [2.24, 2.45) is 0 Å². The zero-order valence-corrected chi connectivity index (χ0v) is 15.2. The van der Waals surface area contributed by atoms with Crippen LogP contribution in [-0.4, -0.2) is 24.7 Å². The number of nitrogens with one attached hydrogen (secondary N) is 3. The van der Waals surface area contributed by atoms with Gasteiger partial charge in [-0.2, -0.15) is 0 Å². The normalized spacial score (nSPS) is 16.1. The van der Waals surface area contributed by atoms with E-state index in [0.717, 1.165) is 18.0 Å². The lowest BCUT2D eigenvalue weighted by Gasteiger charge is -2.24. The number of hydrogen-bond acceptors (Lipinski definition) is 2. The van der Waals surface area contributed by atoms with Gasteiger partial charge in [0.2, 0.25) is 0 Å². The quantitative estimate of drug-likeness (QED) is 0.730. The van der Waals surface area contributed by atoms with E-state index in [1.165, 1.54) is 37.1 Å². The molecule has 4 nitrogen and oxygen atoms in total. The average molecular weight is 345 g/mol. The lowest BCUT2D eigenvalue weighted by Crippen LogP contribution is -3.11. The molecule has 2 aromatic rings. The molecule has 0 saturated carbocycles. The van der Waals surface area contributed by atoms with Crippen molar-refractivity contribution in [2.45, 2.75) is 32.7 Å². The first-order valence-electron chi connectivity index (χ1n) is 8.64. The van der Waals surface area contributed by atoms with E-state index in [2.05, 4.69) is 42.7 Å². The fourth-order valence-corrected chi connectivity index (χ4v) is 3.55. The van der Waals surface area contributed by atoms with Crippen molar-refractivity contribution in [3.63, 3.8) is 0 Å². The zero-order chi connectivity index (χ0) is 16.9. The summed E-state index contributed by atoms with van der Waals surface area (Å²) in [5.74, 6) is 1.04. The molecule has 0 amide bonds. The van der Waals surface area contributed by atoms with Gasteiger partial charge in [-0.1, -0.05) is 12.1 Å². The second-order valence-corrected chi connectivity index (χ2v) is 6.92. The van der Waals surface area contributed by atoms with Crippen LogP contribution >= 0.6 is 12.2 Å². The molecule has 1 aliphatic heterocycles. The van der Waals surface area contributed by atoms with E-state index in [0.29, 0.717) is 11.2 Å². The van der Waals surface area contributed by atoms with Gasteiger partial charge in [0.15, 0.2) is 16.9 Å². The van der Waals surface area contributed by atoms with Gasteiger partial charge >= 0.3 is 0 Å². The van der Waals surface area contributed by atoms with E-state index in [1.54, 1.807) is 11.2 Å². The molecule has 1 saturated heterocycles. The van der Waals surface area contributed by atoms with Gasteiger partial charge in [0.25, 0.3) is 0 Å². The second kappa shape index (κ2) is 7.81. The van der Waals surface area contributed by atoms with Gasteiger partial charge in [-0.25, -0.2) is 0 Å². The highest BCUT2D eigenvalue weighted by Crippen LogP contribution is 2.18. The number of furan rings is 1. The van der Waals surface area contributed by atoms with Crippen molar-refractivity contribution in [3.05, 3.63) is 53.5 Å². The smallest absolute Gasteiger partial charge is 0.171 e. The molecule has 1 aliphatic rings. The van der Waals surface area contributed by atoms with Crippen LogP contribution in [-0.2, 0) is 0 Å². The molecular formula is C19H26N3OS+. The lowest BCUT2D eigenvalue weighted by atomic mass is 10.1. The van der Waals surface area contributed by atoms with Crippen molar-refractivity contribution in [1.29, 1.82) is 0 Å². The van der Waals surface area contributed by atoms with Gasteiger partial charge in [0.05, 0.1) is 25.9 Å². The van der Waals surface area contributed by atoms with Crippen molar-refractivity contribution in [3.8, 4) is 0 Å². The van der Waals surface area contributed by atoms with Crippen LogP contribution in [0.25, 0.3) is 0 Å². The number of aryl methyl sites for hydroxylation is 1. The highest BCUT2D eigenvalue weighted by atomic mass is 32.1. The summed E-state index contributed by atoms with van der Waals surface area (Å²) in [6.07, 6.45) is 4.33. The average Bonchev–Trinajstić information content (AvgIpc) is 3.26. The van der Waals surface area contributed by atoms with E-state index < -0.39 is 0 Å². The Morgan fingerprint density at radius 1 is 1.21 bits per heavy atom. The summed E-state index contributed by atoms with van der Waals surface area (Å²) in [5, 5.41) is 7.37. The summed E-state index contributed by atoms with van der Waals surface area (Å²) >= 11 is 5.50. The summed E-state index contributed by atoms with van der Waals surface area (Å²) in [6.45, 7) is 7.40. The Morgan fingerprint density at radius 3 is 2.71 bits per heavy atom. The molecular weight excluding hydrogens is 318 g/mol. The molecule has 1 atom stereocenters. The Balaban J connectivity index is 1.62. The third kappa shape index (κ3) is 3.97. The fraction of sp³-hybridized carbons (Fsp3) is 0.421. The maximum Gasteiger partial charge on any atom is 0.171 e. The van der Waals surface area contributed by atoms with Crippen LogP contribution in [0.1, 0.15) is 35.8 Å². The van der Waals surface area contributed by atoms with E-state index in [1.807, 2.05) is 12.1 Å². The first kappa shape index (κ1) is 17.0. The molecule has 0 spiro atoms. The standard InChI is InChI=1S/C19H25N3OS/c1-14-7-5-8-16(15(14)2)21-19(24)20-13-17(18-9-6-12-23-18)22-10-3-4-11-22/h5-9,12,17H,3-4,10-11,13H2,1-2H3,(H2,20,21,24)/p+1/t17-/m1/s1. The van der Waals surface area contributed by atoms with Crippen molar-refractivity contribution < 1.29 is 9.32 Å². The fourth-order valence-electron chi connectivity index (χ4n) is 3.36. The predicted octanol–water partition coefficient (Wildman–Crippen LogP) is 2.60. The summed E-state index contributed by atoms with van der Waals surface area (Å²) < 4.78 is 5.67. The number of likely N-dealkylation sites (tertiary alicyclic amines) is 1. The largest absolute Gasteiger partial charge is 0.463 e. The van der Waals surface area contributed by atoms with Gasteiger partial charge in [0.1, 0.15) is 0 Å². The molecule has 3 N–H and O–H groups in total. The van der Waals surface area contributed by atoms with Crippen LogP contribution < -0.4 is 15.5 Å². The Morgan fingerprint density at radius 2 is 2.00 bits per heavy atom. The SMILES string of the molecule is Cc1cccc(NC(=S)NC[C@H](c2ccco2)[NH+]2CCCC2)c1C. The minimum atomic E-state index is 0.306. The van der Waals surface area contributed by atoms with Crippen LogP contribution in [0.3, 0.4) is 0 Å². The van der Waals surface area contributed by atoms with Crippen LogP contribution in [0.5, 0.6) is 0 Å². The van der Waals surface area contributed by atoms with Gasteiger partial charge < -0.3 is 20.0 Å². The number of hydrogen-bond donors (Lipinski definition) is 3. The van der Waals surface area contributed by atoms with E-state index in [-0.39, 0.29) is 0 Å². The summed E-state index contributed by atoms with van der Waals surface area (Å²) in [5.41, 5.74) is 3.56.